The van der Waals surface area contributed by atoms with Crippen molar-refractivity contribution in [2.45, 2.75) is 24.8 Å². The summed E-state index contributed by atoms with van der Waals surface area (Å²) in [5, 5.41) is 3.03. The molecule has 5 nitrogen and oxygen atoms in total. The fourth-order valence-electron chi connectivity index (χ4n) is 3.12. The smallest absolute Gasteiger partial charge is 0.188 e. The third-order valence-electron chi connectivity index (χ3n) is 4.62. The van der Waals surface area contributed by atoms with Gasteiger partial charge in [0.2, 0.25) is 0 Å². The van der Waals surface area contributed by atoms with Gasteiger partial charge >= 0.3 is 0 Å². The van der Waals surface area contributed by atoms with E-state index in [-0.39, 0.29) is 23.5 Å². The third-order valence-corrected chi connectivity index (χ3v) is 4.62. The Balaban J connectivity index is 1.52. The molecular formula is C20H23F2N3O2. The number of methoxy groups -OCH3 is 2. The fourth-order valence-corrected chi connectivity index (χ4v) is 3.12. The Morgan fingerprint density at radius 1 is 1.15 bits per heavy atom. The molecule has 0 amide bonds. The number of nitrogens with zero attached hydrogens (tertiary/aromatic N) is 1. The molecule has 3 N–H and O–H groups in total. The summed E-state index contributed by atoms with van der Waals surface area (Å²) in [7, 11) is 3.18. The molecule has 0 radical (unpaired) electrons. The average Bonchev–Trinajstić information content (AvgIpc) is 3.39. The number of hydrogen-bond acceptors (Lipinski definition) is 3. The van der Waals surface area contributed by atoms with Crippen LogP contribution in [0.4, 0.5) is 8.78 Å². The number of nitrogens with two attached hydrogens (primary N) is 1. The topological polar surface area (TPSA) is 68.9 Å². The molecule has 3 rings (SSSR count). The number of nitrogens with one attached hydrogen (secondary N) is 1. The lowest BCUT2D eigenvalue weighted by Crippen LogP contribution is -2.34. The lowest BCUT2D eigenvalue weighted by Gasteiger charge is -2.09. The highest BCUT2D eigenvalue weighted by Gasteiger charge is 2.42. The Morgan fingerprint density at radius 2 is 1.85 bits per heavy atom. The molecule has 144 valence electrons. The van der Waals surface area contributed by atoms with Crippen molar-refractivity contribution in [1.82, 2.24) is 5.32 Å². The molecule has 0 bridgehead atoms. The first-order chi connectivity index (χ1) is 13.0. The average molecular weight is 375 g/mol. The van der Waals surface area contributed by atoms with Crippen LogP contribution in [0.15, 0.2) is 41.4 Å². The number of halogens is 2. The molecule has 2 unspecified atom stereocenters. The second kappa shape index (κ2) is 8.24. The van der Waals surface area contributed by atoms with Crippen LogP contribution in [0.25, 0.3) is 0 Å². The summed E-state index contributed by atoms with van der Waals surface area (Å²) in [4.78, 5) is 4.29. The van der Waals surface area contributed by atoms with Gasteiger partial charge in [-0.25, -0.2) is 8.78 Å². The molecule has 2 aromatic carbocycles. The summed E-state index contributed by atoms with van der Waals surface area (Å²) in [6.45, 7) is 0.486. The first kappa shape index (κ1) is 18.9. The van der Waals surface area contributed by atoms with Gasteiger partial charge in [0.1, 0.15) is 11.6 Å². The van der Waals surface area contributed by atoms with Crippen LogP contribution in [0, 0.1) is 11.6 Å². The summed E-state index contributed by atoms with van der Waals surface area (Å²) in [6, 6.07) is 9.50. The van der Waals surface area contributed by atoms with Crippen molar-refractivity contribution >= 4 is 5.96 Å². The van der Waals surface area contributed by atoms with E-state index in [1.165, 1.54) is 18.2 Å². The maximum Gasteiger partial charge on any atom is 0.188 e. The number of hydrogen-bond donors (Lipinski definition) is 2. The van der Waals surface area contributed by atoms with E-state index in [4.69, 9.17) is 15.2 Å². The number of rotatable bonds is 7. The summed E-state index contributed by atoms with van der Waals surface area (Å²) in [5.41, 5.74) is 7.07. The van der Waals surface area contributed by atoms with Gasteiger partial charge in [0.05, 0.1) is 14.2 Å². The molecule has 7 heteroatoms. The first-order valence-electron chi connectivity index (χ1n) is 8.74. The highest BCUT2D eigenvalue weighted by atomic mass is 19.1. The van der Waals surface area contributed by atoms with Crippen molar-refractivity contribution in [3.05, 3.63) is 59.2 Å². The fraction of sp³-hybridized carbons (Fsp3) is 0.350. The van der Waals surface area contributed by atoms with Crippen LogP contribution in [0.5, 0.6) is 11.5 Å². The molecule has 2 atom stereocenters. The van der Waals surface area contributed by atoms with E-state index in [1.807, 2.05) is 18.2 Å². The Hall–Kier alpha value is -2.83. The predicted octanol–water partition coefficient (Wildman–Crippen LogP) is 2.98. The number of ether oxygens (including phenoxy) is 2. The molecule has 2 aromatic rings. The Morgan fingerprint density at radius 3 is 2.52 bits per heavy atom. The minimum absolute atomic E-state index is 0.0961. The van der Waals surface area contributed by atoms with Crippen LogP contribution in [-0.4, -0.2) is 32.8 Å². The molecule has 1 aliphatic carbocycles. The van der Waals surface area contributed by atoms with Crippen molar-refractivity contribution in [2.24, 2.45) is 10.7 Å². The molecular weight excluding hydrogens is 352 g/mol. The van der Waals surface area contributed by atoms with Gasteiger partial charge < -0.3 is 20.5 Å². The summed E-state index contributed by atoms with van der Waals surface area (Å²) in [6.07, 6.45) is 1.31. The lowest BCUT2D eigenvalue weighted by atomic mass is 10.1. The summed E-state index contributed by atoms with van der Waals surface area (Å²) >= 11 is 0. The first-order valence-corrected chi connectivity index (χ1v) is 8.74. The number of benzene rings is 2. The Bertz CT molecular complexity index is 822. The molecule has 1 aliphatic rings. The van der Waals surface area contributed by atoms with E-state index in [0.717, 1.165) is 5.56 Å². The highest BCUT2D eigenvalue weighted by molar-refractivity contribution is 5.78. The summed E-state index contributed by atoms with van der Waals surface area (Å²) in [5.74, 6) is 0.357. The van der Waals surface area contributed by atoms with Crippen molar-refractivity contribution in [3.63, 3.8) is 0 Å². The minimum atomic E-state index is -0.520. The zero-order valence-electron chi connectivity index (χ0n) is 15.3. The molecule has 0 saturated heterocycles. The van der Waals surface area contributed by atoms with Crippen molar-refractivity contribution in [3.8, 4) is 11.5 Å². The van der Waals surface area contributed by atoms with Gasteiger partial charge in [0.15, 0.2) is 17.5 Å². The standard InChI is InChI=1S/C20H23F2N3O2/c1-26-17-7-6-12(10-18(17)27-2)8-9-24-20(23)25-16-11-13(16)19-14(21)4-3-5-15(19)22/h3-7,10,13,16H,8-9,11H2,1-2H3,(H3,23,24,25). The van der Waals surface area contributed by atoms with Gasteiger partial charge in [-0.1, -0.05) is 12.1 Å². The van der Waals surface area contributed by atoms with E-state index in [9.17, 15) is 8.78 Å². The quantitative estimate of drug-likeness (QED) is 0.577. The van der Waals surface area contributed by atoms with Crippen LogP contribution < -0.4 is 20.5 Å². The number of guanidine groups is 1. The maximum absolute atomic E-state index is 13.8. The molecule has 0 aromatic heterocycles. The van der Waals surface area contributed by atoms with Crippen molar-refractivity contribution in [2.75, 3.05) is 20.8 Å². The zero-order valence-corrected chi connectivity index (χ0v) is 15.3. The molecule has 27 heavy (non-hydrogen) atoms. The SMILES string of the molecule is COc1ccc(CCN=C(N)NC2CC2c2c(F)cccc2F)cc1OC. The minimum Gasteiger partial charge on any atom is -0.493 e. The largest absolute Gasteiger partial charge is 0.493 e. The normalized spacial score (nSPS) is 18.9. The van der Waals surface area contributed by atoms with E-state index in [0.29, 0.717) is 30.9 Å². The van der Waals surface area contributed by atoms with Crippen molar-refractivity contribution < 1.29 is 18.3 Å². The molecule has 1 saturated carbocycles. The van der Waals surface area contributed by atoms with Gasteiger partial charge in [-0.05, 0) is 42.7 Å². The van der Waals surface area contributed by atoms with Gasteiger partial charge in [-0.15, -0.1) is 0 Å². The zero-order chi connectivity index (χ0) is 19.4. The van der Waals surface area contributed by atoms with Crippen LogP contribution in [-0.2, 0) is 6.42 Å². The van der Waals surface area contributed by atoms with Crippen LogP contribution >= 0.6 is 0 Å². The Kier molecular flexibility index (Phi) is 5.78. The van der Waals surface area contributed by atoms with Gasteiger partial charge in [0, 0.05) is 24.1 Å². The third kappa shape index (κ3) is 4.48. The number of aliphatic imine (C=N–C) groups is 1. The maximum atomic E-state index is 13.8. The van der Waals surface area contributed by atoms with Crippen LogP contribution in [0.3, 0.4) is 0 Å². The van der Waals surface area contributed by atoms with E-state index in [2.05, 4.69) is 10.3 Å². The van der Waals surface area contributed by atoms with E-state index >= 15 is 0 Å². The molecule has 1 fully saturated rings. The second-order valence-electron chi connectivity index (χ2n) is 6.43. The second-order valence-corrected chi connectivity index (χ2v) is 6.43. The summed E-state index contributed by atoms with van der Waals surface area (Å²) < 4.78 is 38.1. The Labute approximate surface area is 157 Å². The monoisotopic (exact) mass is 375 g/mol. The lowest BCUT2D eigenvalue weighted by molar-refractivity contribution is 0.354. The van der Waals surface area contributed by atoms with Crippen molar-refractivity contribution in [1.29, 1.82) is 0 Å². The van der Waals surface area contributed by atoms with E-state index in [1.54, 1.807) is 14.2 Å². The van der Waals surface area contributed by atoms with Crippen LogP contribution in [0.2, 0.25) is 0 Å². The molecule has 0 heterocycles. The molecule has 0 aliphatic heterocycles. The van der Waals surface area contributed by atoms with Gasteiger partial charge in [0.25, 0.3) is 0 Å². The van der Waals surface area contributed by atoms with Crippen LogP contribution in [0.1, 0.15) is 23.5 Å². The van der Waals surface area contributed by atoms with Gasteiger partial charge in [-0.3, -0.25) is 4.99 Å². The van der Waals surface area contributed by atoms with Gasteiger partial charge in [-0.2, -0.15) is 0 Å². The highest BCUT2D eigenvalue weighted by Crippen LogP contribution is 2.42. The predicted molar refractivity (Wildman–Crippen MR) is 100 cm³/mol. The van der Waals surface area contributed by atoms with E-state index < -0.39 is 11.6 Å². The molecule has 0 spiro atoms.